The van der Waals surface area contributed by atoms with Crippen molar-refractivity contribution in [3.8, 4) is 5.75 Å². The molecule has 2 atom stereocenters. The summed E-state index contributed by atoms with van der Waals surface area (Å²) >= 11 is 0. The highest BCUT2D eigenvalue weighted by atomic mass is 16.7. The summed E-state index contributed by atoms with van der Waals surface area (Å²) in [6.45, 7) is 7.30. The van der Waals surface area contributed by atoms with Crippen molar-refractivity contribution in [3.05, 3.63) is 29.8 Å². The zero-order valence-electron chi connectivity index (χ0n) is 19.0. The summed E-state index contributed by atoms with van der Waals surface area (Å²) in [5, 5.41) is 12.2. The topological polar surface area (TPSA) is 107 Å². The lowest BCUT2D eigenvalue weighted by Crippen LogP contribution is -2.56. The summed E-state index contributed by atoms with van der Waals surface area (Å²) in [6, 6.07) is 6.04. The molecule has 2 aliphatic rings. The first-order valence-corrected chi connectivity index (χ1v) is 11.1. The molecule has 0 saturated carbocycles. The van der Waals surface area contributed by atoms with Gasteiger partial charge in [-0.05, 0) is 57.7 Å². The molecule has 9 nitrogen and oxygen atoms in total. The minimum Gasteiger partial charge on any atom is -0.491 e. The molecule has 32 heavy (non-hydrogen) atoms. The number of nitrogens with zero attached hydrogens (tertiary/aromatic N) is 1. The smallest absolute Gasteiger partial charge is 0.408 e. The van der Waals surface area contributed by atoms with Crippen LogP contribution in [0.5, 0.6) is 5.75 Å². The number of rotatable bonds is 8. The molecule has 178 valence electrons. The minimum atomic E-state index is -0.918. The molecular formula is C23H34N2O7. The van der Waals surface area contributed by atoms with Crippen molar-refractivity contribution in [2.75, 3.05) is 32.9 Å². The molecule has 1 aromatic carbocycles. The number of carbonyl (C=O) groups excluding carboxylic acids is 2. The lowest BCUT2D eigenvalue weighted by molar-refractivity contribution is -0.165. The fraction of sp³-hybridized carbons (Fsp3) is 0.652. The lowest BCUT2D eigenvalue weighted by Gasteiger charge is -2.38. The molecule has 1 unspecified atom stereocenters. The summed E-state index contributed by atoms with van der Waals surface area (Å²) < 4.78 is 22.2. The zero-order chi connectivity index (χ0) is 23.1. The van der Waals surface area contributed by atoms with E-state index in [0.717, 1.165) is 25.9 Å². The van der Waals surface area contributed by atoms with Crippen LogP contribution in [0.15, 0.2) is 24.3 Å². The van der Waals surface area contributed by atoms with Gasteiger partial charge in [-0.25, -0.2) is 4.79 Å². The first-order valence-electron chi connectivity index (χ1n) is 11.1. The van der Waals surface area contributed by atoms with Crippen LogP contribution in [0.1, 0.15) is 51.6 Å². The van der Waals surface area contributed by atoms with E-state index in [0.29, 0.717) is 24.5 Å². The van der Waals surface area contributed by atoms with Gasteiger partial charge in [0.1, 0.15) is 24.0 Å². The number of aliphatic hydroxyl groups excluding tert-OH is 1. The Morgan fingerprint density at radius 1 is 1.19 bits per heavy atom. The Morgan fingerprint density at radius 3 is 2.50 bits per heavy atom. The Morgan fingerprint density at radius 2 is 1.91 bits per heavy atom. The molecule has 2 saturated heterocycles. The molecule has 2 aliphatic heterocycles. The van der Waals surface area contributed by atoms with Crippen molar-refractivity contribution < 1.29 is 33.6 Å². The Balaban J connectivity index is 1.56. The second-order valence-electron chi connectivity index (χ2n) is 9.06. The number of nitrogens with one attached hydrogen (secondary N) is 1. The lowest BCUT2D eigenvalue weighted by atomic mass is 10.0. The van der Waals surface area contributed by atoms with E-state index in [1.54, 1.807) is 45.0 Å². The number of hydrogen-bond donors (Lipinski definition) is 2. The number of β-amino-alcohol motifs (C(OH)–C–C–N with tert-alkyl or cyclic N) is 1. The molecular weight excluding hydrogens is 416 g/mol. The van der Waals surface area contributed by atoms with E-state index in [1.165, 1.54) is 4.90 Å². The van der Waals surface area contributed by atoms with Crippen LogP contribution in [0.25, 0.3) is 0 Å². The maximum Gasteiger partial charge on any atom is 0.408 e. The molecule has 3 rings (SSSR count). The zero-order valence-corrected chi connectivity index (χ0v) is 19.0. The van der Waals surface area contributed by atoms with E-state index in [9.17, 15) is 14.7 Å². The second kappa shape index (κ2) is 11.0. The van der Waals surface area contributed by atoms with E-state index in [-0.39, 0.29) is 25.3 Å². The van der Waals surface area contributed by atoms with E-state index in [2.05, 4.69) is 5.32 Å². The number of carbonyl (C=O) groups is 2. The molecule has 0 aromatic heterocycles. The largest absolute Gasteiger partial charge is 0.491 e. The van der Waals surface area contributed by atoms with Crippen LogP contribution < -0.4 is 10.1 Å². The first-order chi connectivity index (χ1) is 15.2. The van der Waals surface area contributed by atoms with Crippen molar-refractivity contribution in [1.29, 1.82) is 0 Å². The van der Waals surface area contributed by atoms with Crippen molar-refractivity contribution in [2.45, 2.75) is 64.1 Å². The molecule has 0 aliphatic carbocycles. The highest BCUT2D eigenvalue weighted by Crippen LogP contribution is 2.23. The van der Waals surface area contributed by atoms with Gasteiger partial charge < -0.3 is 34.3 Å². The summed E-state index contributed by atoms with van der Waals surface area (Å²) in [5.41, 5.74) is -0.0889. The van der Waals surface area contributed by atoms with Gasteiger partial charge in [-0.2, -0.15) is 0 Å². The van der Waals surface area contributed by atoms with Crippen molar-refractivity contribution >= 4 is 12.0 Å². The van der Waals surface area contributed by atoms with Gasteiger partial charge in [0.15, 0.2) is 6.29 Å². The number of benzene rings is 1. The average molecular weight is 451 g/mol. The molecule has 9 heteroatoms. The second-order valence-corrected chi connectivity index (χ2v) is 9.06. The van der Waals surface area contributed by atoms with Gasteiger partial charge in [0.05, 0.1) is 12.7 Å². The number of alkyl carbamates (subject to hydrolysis) is 1. The van der Waals surface area contributed by atoms with Crippen LogP contribution in [0, 0.1) is 0 Å². The molecule has 2 heterocycles. The minimum absolute atomic E-state index is 0.152. The van der Waals surface area contributed by atoms with Crippen molar-refractivity contribution in [2.24, 2.45) is 0 Å². The first kappa shape index (κ1) is 24.3. The maximum atomic E-state index is 12.9. The summed E-state index contributed by atoms with van der Waals surface area (Å²) in [4.78, 5) is 26.7. The van der Waals surface area contributed by atoms with Crippen LogP contribution >= 0.6 is 0 Å². The molecule has 2 N–H and O–H groups in total. The summed E-state index contributed by atoms with van der Waals surface area (Å²) in [5.74, 6) is 0.334. The molecule has 0 bridgehead atoms. The maximum absolute atomic E-state index is 12.9. The fourth-order valence-electron chi connectivity index (χ4n) is 3.47. The third-order valence-electron chi connectivity index (χ3n) is 5.09. The number of ether oxygens (including phenoxy) is 4. The fourth-order valence-corrected chi connectivity index (χ4v) is 3.47. The Bertz CT molecular complexity index is 751. The van der Waals surface area contributed by atoms with Gasteiger partial charge in [-0.15, -0.1) is 0 Å². The highest BCUT2D eigenvalue weighted by molar-refractivity contribution is 5.87. The Labute approximate surface area is 189 Å². The predicted octanol–water partition coefficient (Wildman–Crippen LogP) is 2.38. The van der Waals surface area contributed by atoms with E-state index in [1.807, 2.05) is 0 Å². The van der Waals surface area contributed by atoms with Gasteiger partial charge in [-0.3, -0.25) is 4.79 Å². The average Bonchev–Trinajstić information content (AvgIpc) is 2.72. The highest BCUT2D eigenvalue weighted by Gasteiger charge is 2.35. The summed E-state index contributed by atoms with van der Waals surface area (Å²) in [7, 11) is 0. The van der Waals surface area contributed by atoms with Crippen LogP contribution in [0.3, 0.4) is 0 Å². The standard InChI is InChI=1S/C23H34N2O7/c1-23(2,3)32-22(28)24-20(21(27)25-14-17(26)15-25)16-7-9-18(10-8-16)29-12-13-31-19-6-4-5-11-30-19/h7-10,17,19-20,26H,4-6,11-15H2,1-3H3,(H,24,28)/t19?,20-/m0/s1. The summed E-state index contributed by atoms with van der Waals surface area (Å²) in [6.07, 6.45) is 1.73. The quantitative estimate of drug-likeness (QED) is 0.586. The predicted molar refractivity (Wildman–Crippen MR) is 116 cm³/mol. The van der Waals surface area contributed by atoms with Gasteiger partial charge in [0, 0.05) is 19.7 Å². The normalized spacial score (nSPS) is 20.2. The van der Waals surface area contributed by atoms with Crippen LogP contribution in [-0.4, -0.2) is 72.9 Å². The van der Waals surface area contributed by atoms with Crippen LogP contribution in [0.4, 0.5) is 4.79 Å². The number of aliphatic hydroxyl groups is 1. The van der Waals surface area contributed by atoms with E-state index >= 15 is 0 Å². The van der Waals surface area contributed by atoms with Crippen molar-refractivity contribution in [3.63, 3.8) is 0 Å². The van der Waals surface area contributed by atoms with Gasteiger partial charge in [0.25, 0.3) is 0 Å². The molecule has 0 spiro atoms. The molecule has 2 amide bonds. The van der Waals surface area contributed by atoms with E-state index < -0.39 is 23.8 Å². The van der Waals surface area contributed by atoms with Gasteiger partial charge in [0.2, 0.25) is 5.91 Å². The third kappa shape index (κ3) is 7.36. The third-order valence-corrected chi connectivity index (χ3v) is 5.09. The van der Waals surface area contributed by atoms with Gasteiger partial charge in [-0.1, -0.05) is 12.1 Å². The molecule has 2 fully saturated rings. The van der Waals surface area contributed by atoms with Crippen molar-refractivity contribution in [1.82, 2.24) is 10.2 Å². The number of hydrogen-bond acceptors (Lipinski definition) is 7. The van der Waals surface area contributed by atoms with E-state index in [4.69, 9.17) is 18.9 Å². The van der Waals surface area contributed by atoms with Crippen LogP contribution in [0.2, 0.25) is 0 Å². The van der Waals surface area contributed by atoms with Gasteiger partial charge >= 0.3 is 6.09 Å². The Hall–Kier alpha value is -2.36. The number of likely N-dealkylation sites (tertiary alicyclic amines) is 1. The Kier molecular flexibility index (Phi) is 8.33. The molecule has 1 aromatic rings. The molecule has 0 radical (unpaired) electrons. The number of amides is 2. The van der Waals surface area contributed by atoms with Crippen LogP contribution in [-0.2, 0) is 19.0 Å². The monoisotopic (exact) mass is 450 g/mol. The SMILES string of the molecule is CC(C)(C)OC(=O)N[C@H](C(=O)N1CC(O)C1)c1ccc(OCCOC2CCCCO2)cc1.